The molecule has 0 aliphatic carbocycles. The van der Waals surface area contributed by atoms with Crippen molar-refractivity contribution in [3.8, 4) is 0 Å². The highest BCUT2D eigenvalue weighted by Gasteiger charge is 2.11. The number of aliphatic hydroxyl groups excluding tert-OH is 1. The average Bonchev–Trinajstić information content (AvgIpc) is 2.35. The lowest BCUT2D eigenvalue weighted by molar-refractivity contribution is -0.146. The molecule has 4 nitrogen and oxygen atoms in total. The van der Waals surface area contributed by atoms with Crippen molar-refractivity contribution >= 4 is 5.97 Å². The molecule has 0 aromatic carbocycles. The maximum atomic E-state index is 10.4. The second-order valence-electron chi connectivity index (χ2n) is 4.82. The molecule has 0 aromatic rings. The Morgan fingerprint density at radius 1 is 0.944 bits per heavy atom. The van der Waals surface area contributed by atoms with Crippen LogP contribution in [0.2, 0.25) is 0 Å². The van der Waals surface area contributed by atoms with E-state index in [9.17, 15) is 4.79 Å². The van der Waals surface area contributed by atoms with Crippen LogP contribution in [0.3, 0.4) is 0 Å². The molecule has 4 heteroatoms. The minimum atomic E-state index is -1.18. The molecule has 18 heavy (non-hydrogen) atoms. The van der Waals surface area contributed by atoms with E-state index in [-0.39, 0.29) is 0 Å². The molecule has 0 rings (SSSR count). The second-order valence-corrected chi connectivity index (χ2v) is 4.82. The van der Waals surface area contributed by atoms with Crippen LogP contribution in [0.4, 0.5) is 0 Å². The van der Waals surface area contributed by atoms with Gasteiger partial charge >= 0.3 is 5.97 Å². The lowest BCUT2D eigenvalue weighted by Crippen LogP contribution is -2.18. The van der Waals surface area contributed by atoms with Crippen LogP contribution < -0.4 is 0 Å². The standard InChI is InChI=1S/C14H28O4/c1-18-12-10-8-6-4-2-3-5-7-9-11-13(15)14(16)17/h13,15H,2-12H2,1H3,(H,16,17). The predicted octanol–water partition coefficient (Wildman–Crippen LogP) is 2.98. The predicted molar refractivity (Wildman–Crippen MR) is 71.7 cm³/mol. The maximum Gasteiger partial charge on any atom is 0.332 e. The fourth-order valence-corrected chi connectivity index (χ4v) is 1.94. The van der Waals surface area contributed by atoms with Gasteiger partial charge in [-0.05, 0) is 12.8 Å². The molecule has 0 fully saturated rings. The smallest absolute Gasteiger partial charge is 0.332 e. The Morgan fingerprint density at radius 2 is 1.39 bits per heavy atom. The SMILES string of the molecule is COCCCCCCCCCCCC(O)C(=O)O. The maximum absolute atomic E-state index is 10.4. The van der Waals surface area contributed by atoms with E-state index in [2.05, 4.69) is 0 Å². The summed E-state index contributed by atoms with van der Waals surface area (Å²) in [6.45, 7) is 0.867. The summed E-state index contributed by atoms with van der Waals surface area (Å²) >= 11 is 0. The number of ether oxygens (including phenoxy) is 1. The average molecular weight is 260 g/mol. The lowest BCUT2D eigenvalue weighted by Gasteiger charge is -2.05. The third-order valence-electron chi connectivity index (χ3n) is 3.11. The Labute approximate surface area is 110 Å². The summed E-state index contributed by atoms with van der Waals surface area (Å²) in [7, 11) is 1.74. The van der Waals surface area contributed by atoms with Crippen molar-refractivity contribution in [2.45, 2.75) is 70.3 Å². The fraction of sp³-hybridized carbons (Fsp3) is 0.929. The Hall–Kier alpha value is -0.610. The van der Waals surface area contributed by atoms with E-state index >= 15 is 0 Å². The zero-order chi connectivity index (χ0) is 13.6. The van der Waals surface area contributed by atoms with E-state index in [0.29, 0.717) is 6.42 Å². The van der Waals surface area contributed by atoms with Crippen LogP contribution in [0.15, 0.2) is 0 Å². The molecule has 0 heterocycles. The van der Waals surface area contributed by atoms with Gasteiger partial charge in [-0.3, -0.25) is 0 Å². The van der Waals surface area contributed by atoms with Gasteiger partial charge < -0.3 is 14.9 Å². The Bertz CT molecular complexity index is 194. The van der Waals surface area contributed by atoms with E-state index in [1.165, 1.54) is 32.1 Å². The van der Waals surface area contributed by atoms with Gasteiger partial charge in [0.25, 0.3) is 0 Å². The van der Waals surface area contributed by atoms with Gasteiger partial charge in [0.15, 0.2) is 6.10 Å². The molecule has 0 saturated carbocycles. The molecule has 0 spiro atoms. The number of aliphatic carboxylic acids is 1. The molecule has 0 bridgehead atoms. The van der Waals surface area contributed by atoms with Gasteiger partial charge in [0.2, 0.25) is 0 Å². The van der Waals surface area contributed by atoms with Crippen LogP contribution in [0.5, 0.6) is 0 Å². The summed E-state index contributed by atoms with van der Waals surface area (Å²) in [4.78, 5) is 10.4. The molecule has 0 amide bonds. The van der Waals surface area contributed by atoms with E-state index in [1.807, 2.05) is 0 Å². The number of carboxylic acids is 1. The molecule has 0 aliphatic rings. The first-order chi connectivity index (χ1) is 8.68. The number of unbranched alkanes of at least 4 members (excludes halogenated alkanes) is 8. The number of carboxylic acid groups (broad SMARTS) is 1. The van der Waals surface area contributed by atoms with Gasteiger partial charge in [-0.2, -0.15) is 0 Å². The minimum Gasteiger partial charge on any atom is -0.479 e. The summed E-state index contributed by atoms with van der Waals surface area (Å²) in [5.41, 5.74) is 0. The zero-order valence-corrected chi connectivity index (χ0v) is 11.6. The molecular formula is C14H28O4. The first-order valence-corrected chi connectivity index (χ1v) is 7.08. The molecule has 0 aromatic heterocycles. The van der Waals surface area contributed by atoms with Gasteiger partial charge in [-0.25, -0.2) is 4.79 Å². The third-order valence-corrected chi connectivity index (χ3v) is 3.11. The monoisotopic (exact) mass is 260 g/mol. The molecule has 0 saturated heterocycles. The van der Waals surface area contributed by atoms with Crippen molar-refractivity contribution in [1.29, 1.82) is 0 Å². The number of aliphatic hydroxyl groups is 1. The largest absolute Gasteiger partial charge is 0.479 e. The van der Waals surface area contributed by atoms with Gasteiger partial charge in [-0.15, -0.1) is 0 Å². The Kier molecular flexibility index (Phi) is 12.4. The summed E-state index contributed by atoms with van der Waals surface area (Å²) < 4.78 is 4.99. The zero-order valence-electron chi connectivity index (χ0n) is 11.6. The van der Waals surface area contributed by atoms with Crippen molar-refractivity contribution in [2.75, 3.05) is 13.7 Å². The van der Waals surface area contributed by atoms with E-state index in [1.54, 1.807) is 7.11 Å². The van der Waals surface area contributed by atoms with E-state index in [4.69, 9.17) is 14.9 Å². The highest BCUT2D eigenvalue weighted by atomic mass is 16.5. The first kappa shape index (κ1) is 17.4. The van der Waals surface area contributed by atoms with Crippen LogP contribution in [0, 0.1) is 0 Å². The third kappa shape index (κ3) is 11.9. The van der Waals surface area contributed by atoms with E-state index in [0.717, 1.165) is 32.3 Å². The second kappa shape index (κ2) is 12.8. The van der Waals surface area contributed by atoms with Gasteiger partial charge in [0, 0.05) is 13.7 Å². The van der Waals surface area contributed by atoms with Crippen LogP contribution >= 0.6 is 0 Å². The normalized spacial score (nSPS) is 12.6. The highest BCUT2D eigenvalue weighted by molar-refractivity contribution is 5.71. The quantitative estimate of drug-likeness (QED) is 0.500. The number of hydrogen-bond acceptors (Lipinski definition) is 3. The van der Waals surface area contributed by atoms with Crippen LogP contribution in [-0.2, 0) is 9.53 Å². The van der Waals surface area contributed by atoms with E-state index < -0.39 is 12.1 Å². The molecular weight excluding hydrogens is 232 g/mol. The van der Waals surface area contributed by atoms with Crippen molar-refractivity contribution < 1.29 is 19.7 Å². The molecule has 2 N–H and O–H groups in total. The number of hydrogen-bond donors (Lipinski definition) is 2. The van der Waals surface area contributed by atoms with Crippen molar-refractivity contribution in [3.05, 3.63) is 0 Å². The number of carbonyl (C=O) groups is 1. The first-order valence-electron chi connectivity index (χ1n) is 7.08. The molecule has 108 valence electrons. The van der Waals surface area contributed by atoms with Crippen LogP contribution in [0.1, 0.15) is 64.2 Å². The molecule has 1 atom stereocenters. The Balaban J connectivity index is 3.05. The van der Waals surface area contributed by atoms with Crippen LogP contribution in [0.25, 0.3) is 0 Å². The molecule has 1 unspecified atom stereocenters. The molecule has 0 radical (unpaired) electrons. The van der Waals surface area contributed by atoms with Crippen LogP contribution in [-0.4, -0.2) is 36.0 Å². The van der Waals surface area contributed by atoms with Crippen molar-refractivity contribution in [3.63, 3.8) is 0 Å². The Morgan fingerprint density at radius 3 is 1.83 bits per heavy atom. The fourth-order valence-electron chi connectivity index (χ4n) is 1.94. The topological polar surface area (TPSA) is 66.8 Å². The van der Waals surface area contributed by atoms with Crippen molar-refractivity contribution in [2.24, 2.45) is 0 Å². The molecule has 0 aliphatic heterocycles. The summed E-state index contributed by atoms with van der Waals surface area (Å²) in [5, 5.41) is 17.5. The summed E-state index contributed by atoms with van der Waals surface area (Å²) in [6, 6.07) is 0. The highest BCUT2D eigenvalue weighted by Crippen LogP contribution is 2.11. The van der Waals surface area contributed by atoms with Gasteiger partial charge in [0.05, 0.1) is 0 Å². The van der Waals surface area contributed by atoms with Crippen molar-refractivity contribution in [1.82, 2.24) is 0 Å². The van der Waals surface area contributed by atoms with Gasteiger partial charge in [0.1, 0.15) is 0 Å². The number of rotatable bonds is 13. The minimum absolute atomic E-state index is 0.381. The summed E-state index contributed by atoms with van der Waals surface area (Å²) in [5.74, 6) is -1.11. The summed E-state index contributed by atoms with van der Waals surface area (Å²) in [6.07, 6.45) is 9.62. The lowest BCUT2D eigenvalue weighted by atomic mass is 10.1. The number of methoxy groups -OCH3 is 1. The van der Waals surface area contributed by atoms with Gasteiger partial charge in [-0.1, -0.05) is 51.4 Å².